The summed E-state index contributed by atoms with van der Waals surface area (Å²) in [5.41, 5.74) is 3.83. The number of para-hydroxylation sites is 1. The first-order chi connectivity index (χ1) is 14.0. The molecule has 5 heteroatoms. The molecular weight excluding hydrogens is 364 g/mol. The number of fused-ring (bicyclic) bond motifs is 5. The monoisotopic (exact) mass is 386 g/mol. The quantitative estimate of drug-likeness (QED) is 0.643. The molecule has 29 heavy (non-hydrogen) atoms. The van der Waals surface area contributed by atoms with Crippen molar-refractivity contribution in [1.29, 1.82) is 0 Å². The molecule has 4 atom stereocenters. The third-order valence-corrected chi connectivity index (χ3v) is 6.58. The summed E-state index contributed by atoms with van der Waals surface area (Å²) in [5.74, 6) is -0.488. The van der Waals surface area contributed by atoms with Gasteiger partial charge in [-0.25, -0.2) is 0 Å². The van der Waals surface area contributed by atoms with Crippen LogP contribution in [0.5, 0.6) is 0 Å². The number of amides is 3. The molecule has 0 unspecified atom stereocenters. The van der Waals surface area contributed by atoms with Gasteiger partial charge in [0.05, 0.1) is 17.5 Å². The van der Waals surface area contributed by atoms with Crippen molar-refractivity contribution in [2.24, 2.45) is 23.7 Å². The minimum absolute atomic E-state index is 0.107. The lowest BCUT2D eigenvalue weighted by atomic mass is 9.85. The summed E-state index contributed by atoms with van der Waals surface area (Å²) in [5, 5.41) is 2.96. The number of carbonyl (C=O) groups excluding carboxylic acids is 3. The van der Waals surface area contributed by atoms with Gasteiger partial charge in [0, 0.05) is 11.3 Å². The second-order valence-corrected chi connectivity index (χ2v) is 8.28. The van der Waals surface area contributed by atoms with Crippen molar-refractivity contribution >= 4 is 29.1 Å². The zero-order chi connectivity index (χ0) is 20.3. The van der Waals surface area contributed by atoms with Crippen LogP contribution in [-0.2, 0) is 9.59 Å². The third kappa shape index (κ3) is 2.64. The lowest BCUT2D eigenvalue weighted by Gasteiger charge is -2.17. The Morgan fingerprint density at radius 3 is 2.00 bits per heavy atom. The highest BCUT2D eigenvalue weighted by Crippen LogP contribution is 2.53. The first kappa shape index (κ1) is 17.9. The van der Waals surface area contributed by atoms with E-state index in [0.29, 0.717) is 11.3 Å². The SMILES string of the molecule is Cc1cccc(C)c1NC(=O)c1ccc(N2C(=O)[C@@H]3[C@@H](C2=O)[C@H]2C=C[C@H]3C2)cc1. The molecule has 2 aliphatic carbocycles. The highest BCUT2D eigenvalue weighted by atomic mass is 16.2. The van der Waals surface area contributed by atoms with Gasteiger partial charge >= 0.3 is 0 Å². The Labute approximate surface area is 169 Å². The van der Waals surface area contributed by atoms with Crippen LogP contribution in [0.4, 0.5) is 11.4 Å². The highest BCUT2D eigenvalue weighted by Gasteiger charge is 2.59. The zero-order valence-electron chi connectivity index (χ0n) is 16.4. The number of carbonyl (C=O) groups is 3. The lowest BCUT2D eigenvalue weighted by molar-refractivity contribution is -0.123. The fraction of sp³-hybridized carbons (Fsp3) is 0.292. The number of hydrogen-bond acceptors (Lipinski definition) is 3. The molecule has 3 aliphatic rings. The average molecular weight is 386 g/mol. The van der Waals surface area contributed by atoms with E-state index >= 15 is 0 Å². The van der Waals surface area contributed by atoms with Crippen LogP contribution in [0.2, 0.25) is 0 Å². The van der Waals surface area contributed by atoms with Crippen molar-refractivity contribution in [1.82, 2.24) is 0 Å². The molecule has 0 spiro atoms. The number of imide groups is 1. The molecule has 1 saturated carbocycles. The normalized spacial score (nSPS) is 26.9. The van der Waals surface area contributed by atoms with Gasteiger partial charge in [-0.15, -0.1) is 0 Å². The summed E-state index contributed by atoms with van der Waals surface area (Å²) in [6.07, 6.45) is 5.08. The number of hydrogen-bond donors (Lipinski definition) is 1. The summed E-state index contributed by atoms with van der Waals surface area (Å²) < 4.78 is 0. The number of nitrogens with zero attached hydrogens (tertiary/aromatic N) is 1. The molecule has 2 aromatic carbocycles. The van der Waals surface area contributed by atoms with Crippen molar-refractivity contribution in [3.8, 4) is 0 Å². The molecule has 2 fully saturated rings. The maximum Gasteiger partial charge on any atom is 0.255 e. The summed E-state index contributed by atoms with van der Waals surface area (Å²) in [6, 6.07) is 12.6. The molecule has 1 N–H and O–H groups in total. The van der Waals surface area contributed by atoms with Gasteiger partial charge in [-0.3, -0.25) is 19.3 Å². The van der Waals surface area contributed by atoms with E-state index in [0.717, 1.165) is 23.2 Å². The molecule has 1 aliphatic heterocycles. The van der Waals surface area contributed by atoms with Crippen molar-refractivity contribution in [3.63, 3.8) is 0 Å². The summed E-state index contributed by atoms with van der Waals surface area (Å²) in [4.78, 5) is 39.8. The van der Waals surface area contributed by atoms with Gasteiger partial charge in [0.2, 0.25) is 11.8 Å². The van der Waals surface area contributed by atoms with E-state index in [-0.39, 0.29) is 41.4 Å². The molecular formula is C24H22N2O3. The van der Waals surface area contributed by atoms with Gasteiger partial charge in [0.1, 0.15) is 0 Å². The van der Waals surface area contributed by atoms with Crippen molar-refractivity contribution in [3.05, 3.63) is 71.3 Å². The van der Waals surface area contributed by atoms with Crippen LogP contribution in [-0.4, -0.2) is 17.7 Å². The Morgan fingerprint density at radius 2 is 1.45 bits per heavy atom. The predicted octanol–water partition coefficient (Wildman–Crippen LogP) is 3.87. The van der Waals surface area contributed by atoms with Crippen molar-refractivity contribution < 1.29 is 14.4 Å². The van der Waals surface area contributed by atoms with E-state index in [4.69, 9.17) is 0 Å². The number of nitrogens with one attached hydrogen (secondary N) is 1. The van der Waals surface area contributed by atoms with Crippen LogP contribution in [0.15, 0.2) is 54.6 Å². The fourth-order valence-electron chi connectivity index (χ4n) is 5.12. The number of benzene rings is 2. The van der Waals surface area contributed by atoms with Crippen LogP contribution in [0.3, 0.4) is 0 Å². The van der Waals surface area contributed by atoms with Crippen LogP contribution in [0.1, 0.15) is 27.9 Å². The van der Waals surface area contributed by atoms with Gasteiger partial charge < -0.3 is 5.32 Å². The van der Waals surface area contributed by atoms with Gasteiger partial charge in [0.25, 0.3) is 5.91 Å². The van der Waals surface area contributed by atoms with E-state index in [1.807, 2.05) is 32.0 Å². The molecule has 2 bridgehead atoms. The minimum atomic E-state index is -0.218. The molecule has 2 aromatic rings. The van der Waals surface area contributed by atoms with Gasteiger partial charge in [-0.1, -0.05) is 30.4 Å². The molecule has 3 amide bonds. The smallest absolute Gasteiger partial charge is 0.255 e. The largest absolute Gasteiger partial charge is 0.322 e. The van der Waals surface area contributed by atoms with Crippen LogP contribution in [0.25, 0.3) is 0 Å². The fourth-order valence-corrected chi connectivity index (χ4v) is 5.12. The number of allylic oxidation sites excluding steroid dienone is 2. The number of aryl methyl sites for hydroxylation is 2. The molecule has 1 saturated heterocycles. The molecule has 5 nitrogen and oxygen atoms in total. The van der Waals surface area contributed by atoms with Gasteiger partial charge in [0.15, 0.2) is 0 Å². The Kier molecular flexibility index (Phi) is 3.95. The van der Waals surface area contributed by atoms with Crippen LogP contribution in [0, 0.1) is 37.5 Å². The number of rotatable bonds is 3. The van der Waals surface area contributed by atoms with E-state index in [1.54, 1.807) is 24.3 Å². The summed E-state index contributed by atoms with van der Waals surface area (Å²) in [7, 11) is 0. The maximum absolute atomic E-state index is 12.9. The predicted molar refractivity (Wildman–Crippen MR) is 111 cm³/mol. The van der Waals surface area contributed by atoms with Crippen LogP contribution >= 0.6 is 0 Å². The molecule has 146 valence electrons. The second-order valence-electron chi connectivity index (χ2n) is 8.28. The average Bonchev–Trinajstić information content (AvgIpc) is 3.39. The zero-order valence-corrected chi connectivity index (χ0v) is 16.4. The van der Waals surface area contributed by atoms with Crippen LogP contribution < -0.4 is 10.2 Å². The van der Waals surface area contributed by atoms with Gasteiger partial charge in [-0.05, 0) is 67.5 Å². The third-order valence-electron chi connectivity index (χ3n) is 6.58. The van der Waals surface area contributed by atoms with Gasteiger partial charge in [-0.2, -0.15) is 0 Å². The van der Waals surface area contributed by atoms with E-state index < -0.39 is 0 Å². The standard InChI is InChI=1S/C24H22N2O3/c1-13-4-3-5-14(2)21(13)25-22(27)15-8-10-18(11-9-15)26-23(28)19-16-6-7-17(12-16)20(19)24(26)29/h3-11,16-17,19-20H,12H2,1-2H3,(H,25,27)/t16-,17-,19-,20-/m0/s1. The van der Waals surface area contributed by atoms with E-state index in [9.17, 15) is 14.4 Å². The topological polar surface area (TPSA) is 66.5 Å². The minimum Gasteiger partial charge on any atom is -0.322 e. The molecule has 0 radical (unpaired) electrons. The second kappa shape index (κ2) is 6.41. The first-order valence-electron chi connectivity index (χ1n) is 9.99. The summed E-state index contributed by atoms with van der Waals surface area (Å²) in [6.45, 7) is 3.91. The first-order valence-corrected chi connectivity index (χ1v) is 9.99. The van der Waals surface area contributed by atoms with Crippen molar-refractivity contribution in [2.45, 2.75) is 20.3 Å². The maximum atomic E-state index is 12.9. The number of anilines is 2. The molecule has 1 heterocycles. The Bertz CT molecular complexity index is 1020. The van der Waals surface area contributed by atoms with E-state index in [2.05, 4.69) is 17.5 Å². The highest BCUT2D eigenvalue weighted by molar-refractivity contribution is 6.23. The summed E-state index contributed by atoms with van der Waals surface area (Å²) >= 11 is 0. The Morgan fingerprint density at radius 1 is 0.897 bits per heavy atom. The molecule has 0 aromatic heterocycles. The van der Waals surface area contributed by atoms with Crippen molar-refractivity contribution in [2.75, 3.05) is 10.2 Å². The van der Waals surface area contributed by atoms with E-state index in [1.165, 1.54) is 4.90 Å². The molecule has 5 rings (SSSR count). The Balaban J connectivity index is 1.36. The lowest BCUT2D eigenvalue weighted by Crippen LogP contribution is -2.32. The Hall–Kier alpha value is -3.21.